The molecule has 0 saturated carbocycles. The first-order chi connectivity index (χ1) is 8.30. The molecule has 0 saturated heterocycles. The SMILES string of the molecule is CCC(CC)CSc1cccc(CC#CN)c1. The Bertz CT molecular complexity index is 385. The smallest absolute Gasteiger partial charge is 0.0359 e. The Hall–Kier alpha value is -1.07. The molecular formula is C15H21NS. The van der Waals surface area contributed by atoms with Crippen molar-refractivity contribution in [2.45, 2.75) is 38.0 Å². The molecule has 0 aliphatic carbocycles. The Balaban J connectivity index is 2.55. The predicted octanol–water partition coefficient (Wildman–Crippen LogP) is 3.68. The molecule has 1 aromatic rings. The predicted molar refractivity (Wildman–Crippen MR) is 76.9 cm³/mol. The first-order valence-corrected chi connectivity index (χ1v) is 7.18. The number of hydrogen-bond acceptors (Lipinski definition) is 2. The normalized spacial score (nSPS) is 10.1. The molecule has 0 radical (unpaired) electrons. The minimum absolute atomic E-state index is 0.746. The third-order valence-electron chi connectivity index (χ3n) is 2.93. The van der Waals surface area contributed by atoms with Gasteiger partial charge in [0, 0.05) is 23.1 Å². The van der Waals surface area contributed by atoms with Crippen molar-refractivity contribution in [2.24, 2.45) is 11.7 Å². The van der Waals surface area contributed by atoms with Crippen molar-refractivity contribution in [2.75, 3.05) is 5.75 Å². The first kappa shape index (κ1) is 14.0. The van der Waals surface area contributed by atoms with E-state index in [2.05, 4.69) is 50.1 Å². The maximum absolute atomic E-state index is 5.18. The van der Waals surface area contributed by atoms with Crippen molar-refractivity contribution in [3.63, 3.8) is 0 Å². The molecule has 1 nitrogen and oxygen atoms in total. The van der Waals surface area contributed by atoms with Gasteiger partial charge in [0.25, 0.3) is 0 Å². The van der Waals surface area contributed by atoms with E-state index in [9.17, 15) is 0 Å². The van der Waals surface area contributed by atoms with Gasteiger partial charge in [0.2, 0.25) is 0 Å². The van der Waals surface area contributed by atoms with Crippen molar-refractivity contribution < 1.29 is 0 Å². The summed E-state index contributed by atoms with van der Waals surface area (Å²) >= 11 is 1.95. The number of benzene rings is 1. The Labute approximate surface area is 109 Å². The molecular weight excluding hydrogens is 226 g/mol. The van der Waals surface area contributed by atoms with E-state index in [4.69, 9.17) is 5.73 Å². The zero-order valence-electron chi connectivity index (χ0n) is 10.7. The quantitative estimate of drug-likeness (QED) is 0.471. The van der Waals surface area contributed by atoms with Crippen LogP contribution in [0.5, 0.6) is 0 Å². The summed E-state index contributed by atoms with van der Waals surface area (Å²) in [5.41, 5.74) is 6.43. The van der Waals surface area contributed by atoms with E-state index in [1.807, 2.05) is 11.8 Å². The monoisotopic (exact) mass is 247 g/mol. The first-order valence-electron chi connectivity index (χ1n) is 6.20. The number of hydrogen-bond donors (Lipinski definition) is 1. The molecule has 1 aromatic carbocycles. The summed E-state index contributed by atoms with van der Waals surface area (Å²) in [5, 5.41) is 0. The molecule has 0 atom stereocenters. The lowest BCUT2D eigenvalue weighted by Crippen LogP contribution is -1.99. The number of rotatable bonds is 6. The molecule has 2 heteroatoms. The molecule has 0 bridgehead atoms. The van der Waals surface area contributed by atoms with Gasteiger partial charge in [0.05, 0.1) is 0 Å². The lowest BCUT2D eigenvalue weighted by molar-refractivity contribution is 0.554. The molecule has 0 aromatic heterocycles. The van der Waals surface area contributed by atoms with Gasteiger partial charge in [0.15, 0.2) is 0 Å². The topological polar surface area (TPSA) is 26.0 Å². The average molecular weight is 247 g/mol. The number of nitrogens with two attached hydrogens (primary N) is 1. The molecule has 0 aliphatic rings. The van der Waals surface area contributed by atoms with E-state index in [1.165, 1.54) is 29.1 Å². The van der Waals surface area contributed by atoms with Crippen LogP contribution in [0.2, 0.25) is 0 Å². The summed E-state index contributed by atoms with van der Waals surface area (Å²) in [4.78, 5) is 1.34. The summed E-state index contributed by atoms with van der Waals surface area (Å²) in [6, 6.07) is 11.0. The second kappa shape index (κ2) is 8.08. The third kappa shape index (κ3) is 5.19. The van der Waals surface area contributed by atoms with Crippen LogP contribution in [-0.2, 0) is 6.42 Å². The molecule has 2 N–H and O–H groups in total. The van der Waals surface area contributed by atoms with Crippen LogP contribution in [0.1, 0.15) is 32.3 Å². The highest BCUT2D eigenvalue weighted by molar-refractivity contribution is 7.99. The molecule has 0 spiro atoms. The molecule has 0 amide bonds. The lowest BCUT2D eigenvalue weighted by Gasteiger charge is -2.11. The summed E-state index contributed by atoms with van der Waals surface area (Å²) in [5.74, 6) is 4.93. The Morgan fingerprint density at radius 1 is 1.29 bits per heavy atom. The van der Waals surface area contributed by atoms with Crippen LogP contribution in [0.4, 0.5) is 0 Å². The van der Waals surface area contributed by atoms with Crippen LogP contribution in [0.15, 0.2) is 29.2 Å². The second-order valence-electron chi connectivity index (χ2n) is 4.14. The standard InChI is InChI=1S/C15H21NS/c1-3-13(4-2)12-17-15-9-5-7-14(11-15)8-6-10-16/h5,7,9,11,13H,3-4,8,12,16H2,1-2H3. The van der Waals surface area contributed by atoms with Gasteiger partial charge in [-0.2, -0.15) is 0 Å². The molecule has 0 heterocycles. The van der Waals surface area contributed by atoms with Crippen LogP contribution in [0, 0.1) is 17.9 Å². The zero-order chi connectivity index (χ0) is 12.5. The van der Waals surface area contributed by atoms with Crippen LogP contribution < -0.4 is 5.73 Å². The fourth-order valence-electron chi connectivity index (χ4n) is 1.64. The second-order valence-corrected chi connectivity index (χ2v) is 5.23. The maximum Gasteiger partial charge on any atom is 0.0359 e. The zero-order valence-corrected chi connectivity index (χ0v) is 11.5. The summed E-state index contributed by atoms with van der Waals surface area (Å²) < 4.78 is 0. The van der Waals surface area contributed by atoms with Crippen molar-refractivity contribution in [1.82, 2.24) is 0 Å². The highest BCUT2D eigenvalue weighted by Gasteiger charge is 2.04. The third-order valence-corrected chi connectivity index (χ3v) is 4.16. The van der Waals surface area contributed by atoms with Gasteiger partial charge in [-0.15, -0.1) is 11.8 Å². The largest absolute Gasteiger partial charge is 0.359 e. The van der Waals surface area contributed by atoms with Crippen LogP contribution in [0.3, 0.4) is 0 Å². The van der Waals surface area contributed by atoms with Gasteiger partial charge in [-0.3, -0.25) is 0 Å². The van der Waals surface area contributed by atoms with Crippen molar-refractivity contribution in [1.29, 1.82) is 0 Å². The Kier molecular flexibility index (Phi) is 6.65. The summed E-state index contributed by atoms with van der Waals surface area (Å²) in [6.07, 6.45) is 3.28. The summed E-state index contributed by atoms with van der Waals surface area (Å²) in [6.45, 7) is 4.53. The van der Waals surface area contributed by atoms with Crippen LogP contribution in [-0.4, -0.2) is 5.75 Å². The van der Waals surface area contributed by atoms with Gasteiger partial charge < -0.3 is 5.73 Å². The van der Waals surface area contributed by atoms with E-state index in [0.717, 1.165) is 12.3 Å². The number of thioether (sulfide) groups is 1. The molecule has 0 aliphatic heterocycles. The Morgan fingerprint density at radius 2 is 2.06 bits per heavy atom. The summed E-state index contributed by atoms with van der Waals surface area (Å²) in [7, 11) is 0. The highest BCUT2D eigenvalue weighted by atomic mass is 32.2. The van der Waals surface area contributed by atoms with Crippen molar-refractivity contribution in [3.05, 3.63) is 29.8 Å². The average Bonchev–Trinajstić information content (AvgIpc) is 2.38. The van der Waals surface area contributed by atoms with Crippen LogP contribution >= 0.6 is 11.8 Å². The van der Waals surface area contributed by atoms with E-state index in [0.29, 0.717) is 0 Å². The Morgan fingerprint density at radius 3 is 2.71 bits per heavy atom. The minimum atomic E-state index is 0.746. The van der Waals surface area contributed by atoms with Gasteiger partial charge >= 0.3 is 0 Å². The van der Waals surface area contributed by atoms with Gasteiger partial charge in [-0.25, -0.2) is 0 Å². The van der Waals surface area contributed by atoms with Crippen molar-refractivity contribution in [3.8, 4) is 12.0 Å². The van der Waals surface area contributed by atoms with E-state index < -0.39 is 0 Å². The minimum Gasteiger partial charge on any atom is -0.359 e. The molecule has 0 fully saturated rings. The van der Waals surface area contributed by atoms with Gasteiger partial charge in [-0.05, 0) is 23.6 Å². The highest BCUT2D eigenvalue weighted by Crippen LogP contribution is 2.24. The molecule has 17 heavy (non-hydrogen) atoms. The van der Waals surface area contributed by atoms with Crippen molar-refractivity contribution >= 4 is 11.8 Å². The maximum atomic E-state index is 5.18. The fraction of sp³-hybridized carbons (Fsp3) is 0.467. The lowest BCUT2D eigenvalue weighted by atomic mass is 10.1. The van der Waals surface area contributed by atoms with E-state index in [-0.39, 0.29) is 0 Å². The van der Waals surface area contributed by atoms with E-state index in [1.54, 1.807) is 0 Å². The van der Waals surface area contributed by atoms with Gasteiger partial charge in [-0.1, -0.05) is 44.7 Å². The van der Waals surface area contributed by atoms with Gasteiger partial charge in [0.1, 0.15) is 0 Å². The van der Waals surface area contributed by atoms with Crippen LogP contribution in [0.25, 0.3) is 0 Å². The van der Waals surface area contributed by atoms with E-state index >= 15 is 0 Å². The molecule has 92 valence electrons. The molecule has 0 unspecified atom stereocenters. The molecule has 1 rings (SSSR count). The fourth-order valence-corrected chi connectivity index (χ4v) is 2.95.